The molecule has 1 N–H and O–H groups in total. The van der Waals surface area contributed by atoms with Crippen molar-refractivity contribution >= 4 is 23.6 Å². The fraction of sp³-hybridized carbons (Fsp3) is 0.529. The van der Waals surface area contributed by atoms with Crippen molar-refractivity contribution in [3.63, 3.8) is 0 Å². The third kappa shape index (κ3) is 4.50. The molecule has 0 spiro atoms. The van der Waals surface area contributed by atoms with Gasteiger partial charge in [-0.2, -0.15) is 0 Å². The average molecular weight is 321 g/mol. The maximum Gasteiger partial charge on any atom is 0.303 e. The molecular formula is C17H23NO3S. The molecule has 1 heterocycles. The van der Waals surface area contributed by atoms with Crippen LogP contribution in [0.5, 0.6) is 0 Å². The van der Waals surface area contributed by atoms with Gasteiger partial charge in [-0.3, -0.25) is 9.59 Å². The van der Waals surface area contributed by atoms with E-state index in [0.717, 1.165) is 24.9 Å². The molecule has 1 aliphatic heterocycles. The highest BCUT2D eigenvalue weighted by molar-refractivity contribution is 7.99. The van der Waals surface area contributed by atoms with Crippen molar-refractivity contribution in [2.45, 2.75) is 30.9 Å². The lowest BCUT2D eigenvalue weighted by Gasteiger charge is -2.34. The Morgan fingerprint density at radius 1 is 1.36 bits per heavy atom. The summed E-state index contributed by atoms with van der Waals surface area (Å²) < 4.78 is 0. The Hall–Kier alpha value is -1.49. The minimum atomic E-state index is -0.755. The molecule has 5 heteroatoms. The number of hydrogen-bond donors (Lipinski definition) is 1. The molecule has 2 atom stereocenters. The molecule has 0 aliphatic carbocycles. The Balaban J connectivity index is 1.99. The van der Waals surface area contributed by atoms with E-state index in [9.17, 15) is 9.59 Å². The van der Waals surface area contributed by atoms with Gasteiger partial charge in [0.2, 0.25) is 5.91 Å². The highest BCUT2D eigenvalue weighted by Gasteiger charge is 2.29. The van der Waals surface area contributed by atoms with Gasteiger partial charge in [0.1, 0.15) is 5.25 Å². The molecule has 2 rings (SSSR count). The molecule has 1 aliphatic rings. The van der Waals surface area contributed by atoms with Crippen molar-refractivity contribution in [2.24, 2.45) is 5.92 Å². The lowest BCUT2D eigenvalue weighted by Crippen LogP contribution is -2.41. The van der Waals surface area contributed by atoms with Gasteiger partial charge in [-0.25, -0.2) is 0 Å². The van der Waals surface area contributed by atoms with Crippen LogP contribution in [0.1, 0.15) is 36.5 Å². The van der Waals surface area contributed by atoms with Crippen LogP contribution in [-0.2, 0) is 9.59 Å². The van der Waals surface area contributed by atoms with E-state index in [1.54, 1.807) is 11.8 Å². The molecule has 1 fully saturated rings. The van der Waals surface area contributed by atoms with Crippen molar-refractivity contribution in [3.8, 4) is 0 Å². The summed E-state index contributed by atoms with van der Waals surface area (Å²) >= 11 is 1.56. The van der Waals surface area contributed by atoms with Crippen LogP contribution < -0.4 is 0 Å². The zero-order chi connectivity index (χ0) is 15.9. The maximum atomic E-state index is 12.8. The van der Waals surface area contributed by atoms with Crippen LogP contribution in [0.15, 0.2) is 30.3 Å². The molecule has 2 unspecified atom stereocenters. The first-order chi connectivity index (χ1) is 10.6. The zero-order valence-electron chi connectivity index (χ0n) is 12.9. The summed E-state index contributed by atoms with van der Waals surface area (Å²) in [4.78, 5) is 25.4. The van der Waals surface area contributed by atoms with E-state index >= 15 is 0 Å². The summed E-state index contributed by atoms with van der Waals surface area (Å²) in [6, 6.07) is 9.85. The van der Waals surface area contributed by atoms with Gasteiger partial charge in [0.15, 0.2) is 0 Å². The lowest BCUT2D eigenvalue weighted by molar-refractivity contribution is -0.137. The predicted molar refractivity (Wildman–Crippen MR) is 88.9 cm³/mol. The number of aliphatic carboxylic acids is 1. The number of likely N-dealkylation sites (tertiary alicyclic amines) is 1. The fourth-order valence-electron chi connectivity index (χ4n) is 3.00. The second kappa shape index (κ2) is 8.22. The molecule has 0 saturated carbocycles. The molecular weight excluding hydrogens is 298 g/mol. The van der Waals surface area contributed by atoms with Gasteiger partial charge < -0.3 is 10.0 Å². The van der Waals surface area contributed by atoms with Crippen LogP contribution in [-0.4, -0.2) is 41.2 Å². The minimum Gasteiger partial charge on any atom is -0.481 e. The first kappa shape index (κ1) is 16.9. The number of rotatable bonds is 6. The smallest absolute Gasteiger partial charge is 0.303 e. The number of piperidine rings is 1. The Labute approximate surface area is 135 Å². The van der Waals surface area contributed by atoms with Crippen molar-refractivity contribution in [1.82, 2.24) is 4.90 Å². The maximum absolute atomic E-state index is 12.8. The van der Waals surface area contributed by atoms with E-state index in [1.165, 1.54) is 0 Å². The van der Waals surface area contributed by atoms with Crippen LogP contribution in [0.25, 0.3) is 0 Å². The highest BCUT2D eigenvalue weighted by atomic mass is 32.2. The van der Waals surface area contributed by atoms with E-state index in [2.05, 4.69) is 0 Å². The number of amides is 1. The number of carboxylic acids is 1. The van der Waals surface area contributed by atoms with Gasteiger partial charge >= 0.3 is 5.97 Å². The van der Waals surface area contributed by atoms with E-state index in [0.29, 0.717) is 18.9 Å². The van der Waals surface area contributed by atoms with Gasteiger partial charge in [0, 0.05) is 19.5 Å². The largest absolute Gasteiger partial charge is 0.481 e. The van der Waals surface area contributed by atoms with E-state index in [4.69, 9.17) is 5.11 Å². The summed E-state index contributed by atoms with van der Waals surface area (Å²) in [6.07, 6.45) is 4.80. The van der Waals surface area contributed by atoms with Gasteiger partial charge in [-0.05, 0) is 37.0 Å². The van der Waals surface area contributed by atoms with Gasteiger partial charge in [0.25, 0.3) is 0 Å². The van der Waals surface area contributed by atoms with Crippen LogP contribution in [0.2, 0.25) is 0 Å². The standard InChI is InChI=1S/C17H23NO3S/c1-22-16(14-7-3-2-4-8-14)17(21)18-11-5-6-13(12-18)9-10-15(19)20/h2-4,7-8,13,16H,5-6,9-12H2,1H3,(H,19,20). The summed E-state index contributed by atoms with van der Waals surface area (Å²) in [5.74, 6) is -0.291. The first-order valence-corrected chi connectivity index (χ1v) is 8.99. The molecule has 1 saturated heterocycles. The molecule has 1 amide bonds. The predicted octanol–water partition coefficient (Wildman–Crippen LogP) is 3.19. The van der Waals surface area contributed by atoms with Crippen LogP contribution >= 0.6 is 11.8 Å². The molecule has 0 bridgehead atoms. The van der Waals surface area contributed by atoms with Crippen molar-refractivity contribution in [3.05, 3.63) is 35.9 Å². The van der Waals surface area contributed by atoms with E-state index < -0.39 is 5.97 Å². The summed E-state index contributed by atoms with van der Waals surface area (Å²) in [7, 11) is 0. The molecule has 1 aromatic carbocycles. The van der Waals surface area contributed by atoms with Gasteiger partial charge in [-0.1, -0.05) is 30.3 Å². The Morgan fingerprint density at radius 3 is 2.73 bits per heavy atom. The Morgan fingerprint density at radius 2 is 2.09 bits per heavy atom. The quantitative estimate of drug-likeness (QED) is 0.874. The first-order valence-electron chi connectivity index (χ1n) is 7.70. The second-order valence-corrected chi connectivity index (χ2v) is 6.69. The zero-order valence-corrected chi connectivity index (χ0v) is 13.7. The molecule has 4 nitrogen and oxygen atoms in total. The van der Waals surface area contributed by atoms with Crippen molar-refractivity contribution < 1.29 is 14.7 Å². The number of carboxylic acid groups (broad SMARTS) is 1. The van der Waals surface area contributed by atoms with Crippen molar-refractivity contribution in [1.29, 1.82) is 0 Å². The van der Waals surface area contributed by atoms with E-state index in [1.807, 2.05) is 41.5 Å². The summed E-state index contributed by atoms with van der Waals surface area (Å²) in [6.45, 7) is 1.47. The number of hydrogen-bond acceptors (Lipinski definition) is 3. The fourth-order valence-corrected chi connectivity index (χ4v) is 3.78. The Kier molecular flexibility index (Phi) is 6.31. The molecule has 1 aromatic rings. The molecule has 0 radical (unpaired) electrons. The second-order valence-electron chi connectivity index (χ2n) is 5.75. The third-order valence-electron chi connectivity index (χ3n) is 4.16. The van der Waals surface area contributed by atoms with Crippen LogP contribution in [0, 0.1) is 5.92 Å². The summed E-state index contributed by atoms with van der Waals surface area (Å²) in [5, 5.41) is 8.64. The summed E-state index contributed by atoms with van der Waals surface area (Å²) in [5.41, 5.74) is 1.03. The van der Waals surface area contributed by atoms with E-state index in [-0.39, 0.29) is 17.6 Å². The number of benzene rings is 1. The average Bonchev–Trinajstić information content (AvgIpc) is 2.55. The third-order valence-corrected chi connectivity index (χ3v) is 5.10. The lowest BCUT2D eigenvalue weighted by atomic mass is 9.93. The Bertz CT molecular complexity index is 506. The molecule has 0 aromatic heterocycles. The van der Waals surface area contributed by atoms with Crippen LogP contribution in [0.3, 0.4) is 0 Å². The number of carbonyl (C=O) groups excluding carboxylic acids is 1. The number of thioether (sulfide) groups is 1. The number of nitrogens with zero attached hydrogens (tertiary/aromatic N) is 1. The normalized spacial score (nSPS) is 19.7. The van der Waals surface area contributed by atoms with Crippen molar-refractivity contribution in [2.75, 3.05) is 19.3 Å². The number of carbonyl (C=O) groups is 2. The monoisotopic (exact) mass is 321 g/mol. The topological polar surface area (TPSA) is 57.6 Å². The van der Waals surface area contributed by atoms with Crippen LogP contribution in [0.4, 0.5) is 0 Å². The molecule has 22 heavy (non-hydrogen) atoms. The highest BCUT2D eigenvalue weighted by Crippen LogP contribution is 2.31. The SMILES string of the molecule is CSC(C(=O)N1CCCC(CCC(=O)O)C1)c1ccccc1. The van der Waals surface area contributed by atoms with Gasteiger partial charge in [0.05, 0.1) is 0 Å². The molecule has 120 valence electrons. The minimum absolute atomic E-state index is 0.152. The van der Waals surface area contributed by atoms with Gasteiger partial charge in [-0.15, -0.1) is 11.8 Å².